The van der Waals surface area contributed by atoms with Gasteiger partial charge in [-0.3, -0.25) is 4.99 Å². The van der Waals surface area contributed by atoms with Crippen LogP contribution in [0.1, 0.15) is 5.01 Å². The first-order valence-electron chi connectivity index (χ1n) is 5.86. The molecule has 3 rings (SSSR count). The summed E-state index contributed by atoms with van der Waals surface area (Å²) in [7, 11) is -5.11. The van der Waals surface area contributed by atoms with Crippen LogP contribution >= 0.6 is 30.9 Å². The van der Waals surface area contributed by atoms with Crippen LogP contribution in [-0.4, -0.2) is 27.8 Å². The third kappa shape index (κ3) is 3.31. The monoisotopic (exact) mass is 357 g/mol. The Labute approximate surface area is 132 Å². The van der Waals surface area contributed by atoms with Gasteiger partial charge in [0.25, 0.3) is 0 Å². The molecule has 0 bridgehead atoms. The number of carbonyl (C=O) groups is 1. The van der Waals surface area contributed by atoms with Crippen LogP contribution in [0.3, 0.4) is 0 Å². The number of thiazole rings is 1. The molecule has 1 aromatic carbocycles. The lowest BCUT2D eigenvalue weighted by molar-refractivity contribution is -0.333. The number of thioether (sulfide) groups is 1. The molecule has 0 saturated carbocycles. The van der Waals surface area contributed by atoms with Crippen LogP contribution < -0.4 is 19.4 Å². The van der Waals surface area contributed by atoms with Crippen molar-refractivity contribution in [3.63, 3.8) is 0 Å². The molecule has 116 valence electrons. The minimum absolute atomic E-state index is 0.0929. The van der Waals surface area contributed by atoms with E-state index in [0.29, 0.717) is 20.3 Å². The highest BCUT2D eigenvalue weighted by Crippen LogP contribution is 2.34. The first-order chi connectivity index (χ1) is 10.3. The number of aliphatic carboxylic acids is 1. The van der Waals surface area contributed by atoms with E-state index < -0.39 is 19.8 Å². The standard InChI is InChI=1S/C11H9N2O6PS2/c14-11(15)7-4-21-9(13-7)10-12-6-2-1-5(3-8(6)22-10)19-20(16,17)18/h1-3,7H,4H2,(H,14,15)(H2,16,17,18)/p-3. The summed E-state index contributed by atoms with van der Waals surface area (Å²) in [4.78, 5) is 40.3. The molecule has 0 N–H and O–H groups in total. The van der Waals surface area contributed by atoms with Crippen molar-refractivity contribution >= 4 is 52.2 Å². The molecule has 0 radical (unpaired) electrons. The Balaban J connectivity index is 1.92. The maximum absolute atomic E-state index is 10.8. The topological polar surface area (TPSA) is 138 Å². The fourth-order valence-electron chi connectivity index (χ4n) is 1.79. The maximum atomic E-state index is 10.8. The lowest BCUT2D eigenvalue weighted by Crippen LogP contribution is -2.34. The molecule has 1 unspecified atom stereocenters. The molecule has 2 aromatic rings. The van der Waals surface area contributed by atoms with Crippen molar-refractivity contribution in [2.75, 3.05) is 5.75 Å². The molecular formula is C11H6N2O6PS2-3. The second-order valence-electron chi connectivity index (χ2n) is 4.27. The number of nitrogens with zero attached hydrogens (tertiary/aromatic N) is 2. The summed E-state index contributed by atoms with van der Waals surface area (Å²) in [6, 6.07) is 3.33. The van der Waals surface area contributed by atoms with Gasteiger partial charge in [-0.1, -0.05) is 0 Å². The lowest BCUT2D eigenvalue weighted by atomic mass is 10.3. The summed E-state index contributed by atoms with van der Waals surface area (Å²) in [6.07, 6.45) is 0. The summed E-state index contributed by atoms with van der Waals surface area (Å²) in [5, 5.41) is 11.8. The van der Waals surface area contributed by atoms with Crippen molar-refractivity contribution in [1.29, 1.82) is 0 Å². The Bertz CT molecular complexity index is 829. The third-order valence-electron chi connectivity index (χ3n) is 2.68. The maximum Gasteiger partial charge on any atom is 0.149 e. The number of carboxylic acid groups (broad SMARTS) is 1. The minimum atomic E-state index is -5.11. The average molecular weight is 357 g/mol. The molecule has 0 amide bonds. The Morgan fingerprint density at radius 1 is 1.41 bits per heavy atom. The number of aromatic nitrogens is 1. The minimum Gasteiger partial charge on any atom is -0.780 e. The van der Waals surface area contributed by atoms with Gasteiger partial charge in [0, 0.05) is 5.75 Å². The van der Waals surface area contributed by atoms with Gasteiger partial charge in [0.1, 0.15) is 29.7 Å². The van der Waals surface area contributed by atoms with Gasteiger partial charge < -0.3 is 28.8 Å². The molecule has 0 fully saturated rings. The van der Waals surface area contributed by atoms with Crippen LogP contribution in [0, 0.1) is 0 Å². The number of benzene rings is 1. The quantitative estimate of drug-likeness (QED) is 0.643. The largest absolute Gasteiger partial charge is 0.780 e. The highest BCUT2D eigenvalue weighted by Gasteiger charge is 2.22. The van der Waals surface area contributed by atoms with Crippen molar-refractivity contribution in [2.45, 2.75) is 6.04 Å². The van der Waals surface area contributed by atoms with E-state index in [-0.39, 0.29) is 11.5 Å². The number of carbonyl (C=O) groups excluding carboxylic acids is 1. The molecule has 1 atom stereocenters. The van der Waals surface area contributed by atoms with E-state index in [2.05, 4.69) is 14.5 Å². The van der Waals surface area contributed by atoms with Crippen molar-refractivity contribution in [1.82, 2.24) is 4.98 Å². The molecule has 0 aliphatic carbocycles. The van der Waals surface area contributed by atoms with E-state index in [4.69, 9.17) is 0 Å². The highest BCUT2D eigenvalue weighted by molar-refractivity contribution is 8.15. The van der Waals surface area contributed by atoms with Gasteiger partial charge in [0.2, 0.25) is 0 Å². The molecule has 1 aliphatic heterocycles. The summed E-state index contributed by atoms with van der Waals surface area (Å²) < 4.78 is 15.5. The zero-order valence-corrected chi connectivity index (χ0v) is 13.2. The number of rotatable bonds is 4. The molecule has 0 spiro atoms. The normalized spacial score (nSPS) is 18.5. The third-order valence-corrected chi connectivity index (χ3v) is 5.33. The predicted molar refractivity (Wildman–Crippen MR) is 75.6 cm³/mol. The van der Waals surface area contributed by atoms with Gasteiger partial charge in [-0.25, -0.2) is 4.98 Å². The van der Waals surface area contributed by atoms with E-state index >= 15 is 0 Å². The van der Waals surface area contributed by atoms with Gasteiger partial charge in [0.15, 0.2) is 0 Å². The molecule has 1 aromatic heterocycles. The average Bonchev–Trinajstić information content (AvgIpc) is 3.02. The summed E-state index contributed by atoms with van der Waals surface area (Å²) in [5.41, 5.74) is 0.569. The molecule has 11 heteroatoms. The van der Waals surface area contributed by atoms with Crippen molar-refractivity contribution in [2.24, 2.45) is 4.99 Å². The number of fused-ring (bicyclic) bond motifs is 1. The van der Waals surface area contributed by atoms with Gasteiger partial charge in [0.05, 0.1) is 16.2 Å². The second kappa shape index (κ2) is 5.64. The number of hydrogen-bond acceptors (Lipinski definition) is 10. The number of aliphatic imine (C=N–C) groups is 1. The predicted octanol–water partition coefficient (Wildman–Crippen LogP) is -0.884. The number of hydrogen-bond donors (Lipinski definition) is 0. The number of phosphoric ester groups is 1. The van der Waals surface area contributed by atoms with Gasteiger partial charge in [-0.2, -0.15) is 0 Å². The van der Waals surface area contributed by atoms with E-state index in [1.54, 1.807) is 0 Å². The van der Waals surface area contributed by atoms with Crippen molar-refractivity contribution < 1.29 is 28.8 Å². The Hall–Kier alpha value is -1.45. The fourth-order valence-corrected chi connectivity index (χ4v) is 4.25. The van der Waals surface area contributed by atoms with E-state index in [0.717, 1.165) is 0 Å². The molecule has 1 aliphatic rings. The molecule has 8 nitrogen and oxygen atoms in total. The number of carboxylic acids is 1. The summed E-state index contributed by atoms with van der Waals surface area (Å²) in [6.45, 7) is 0. The van der Waals surface area contributed by atoms with Crippen LogP contribution in [0.4, 0.5) is 0 Å². The molecule has 2 heterocycles. The lowest BCUT2D eigenvalue weighted by Gasteiger charge is -2.28. The second-order valence-corrected chi connectivity index (χ2v) is 7.38. The zero-order chi connectivity index (χ0) is 15.9. The van der Waals surface area contributed by atoms with Crippen LogP contribution in [-0.2, 0) is 9.36 Å². The molecule has 0 saturated heterocycles. The van der Waals surface area contributed by atoms with Gasteiger partial charge >= 0.3 is 0 Å². The smallest absolute Gasteiger partial charge is 0.149 e. The number of phosphoric acid groups is 1. The summed E-state index contributed by atoms with van der Waals surface area (Å²) >= 11 is 2.46. The highest BCUT2D eigenvalue weighted by atomic mass is 32.2. The Kier molecular flexibility index (Phi) is 3.96. The van der Waals surface area contributed by atoms with Crippen molar-refractivity contribution in [3.05, 3.63) is 23.2 Å². The first-order valence-corrected chi connectivity index (χ1v) is 9.12. The van der Waals surface area contributed by atoms with Gasteiger partial charge in [-0.05, 0) is 18.2 Å². The summed E-state index contributed by atoms with van der Waals surface area (Å²) in [5.74, 6) is -1.04. The van der Waals surface area contributed by atoms with Crippen LogP contribution in [0.2, 0.25) is 0 Å². The van der Waals surface area contributed by atoms with Crippen LogP contribution in [0.15, 0.2) is 23.2 Å². The zero-order valence-electron chi connectivity index (χ0n) is 10.6. The van der Waals surface area contributed by atoms with Crippen LogP contribution in [0.25, 0.3) is 10.2 Å². The van der Waals surface area contributed by atoms with Crippen LogP contribution in [0.5, 0.6) is 5.75 Å². The van der Waals surface area contributed by atoms with Gasteiger partial charge in [-0.15, -0.1) is 23.1 Å². The first kappa shape index (κ1) is 15.4. The van der Waals surface area contributed by atoms with E-state index in [1.807, 2.05) is 0 Å². The molecule has 22 heavy (non-hydrogen) atoms. The Morgan fingerprint density at radius 3 is 2.82 bits per heavy atom. The van der Waals surface area contributed by atoms with Crippen molar-refractivity contribution in [3.8, 4) is 5.75 Å². The molecular weight excluding hydrogens is 351 g/mol. The fraction of sp³-hybridized carbons (Fsp3) is 0.182. The van der Waals surface area contributed by atoms with E-state index in [9.17, 15) is 24.3 Å². The Morgan fingerprint density at radius 2 is 2.18 bits per heavy atom. The SMILES string of the molecule is O=C([O-])C1CSC(c2nc3ccc(OP(=O)([O-])[O-])cc3s2)=N1. The van der Waals surface area contributed by atoms with E-state index in [1.165, 1.54) is 41.3 Å².